The number of carboxylic acids is 1. The van der Waals surface area contributed by atoms with Gasteiger partial charge in [-0.15, -0.1) is 0 Å². The average molecular weight is 295 g/mol. The summed E-state index contributed by atoms with van der Waals surface area (Å²) < 4.78 is 5.03. The summed E-state index contributed by atoms with van der Waals surface area (Å²) in [5, 5.41) is 10.8. The van der Waals surface area contributed by atoms with Crippen molar-refractivity contribution in [3.8, 4) is 0 Å². The molecule has 2 aliphatic rings. The number of aromatic carboxylic acids is 1. The molecule has 1 aromatic heterocycles. The third-order valence-electron chi connectivity index (χ3n) is 3.68. The minimum atomic E-state index is -1.34. The van der Waals surface area contributed by atoms with Gasteiger partial charge in [-0.25, -0.2) is 4.98 Å². The number of amides is 1. The second kappa shape index (κ2) is 7.05. The van der Waals surface area contributed by atoms with Crippen LogP contribution in [-0.2, 0) is 9.53 Å². The van der Waals surface area contributed by atoms with Gasteiger partial charge in [0.1, 0.15) is 5.69 Å². The Kier molecular flexibility index (Phi) is 5.35. The smallest absolute Gasteiger partial charge is 0.543 e. The second-order valence-electron chi connectivity index (χ2n) is 5.08. The molecule has 2 aliphatic heterocycles. The molecular weight excluding hydrogens is 281 g/mol. The maximum atomic E-state index is 12.1. The van der Waals surface area contributed by atoms with Gasteiger partial charge in [0.05, 0.1) is 43.2 Å². The Labute approximate surface area is 139 Å². The number of carbonyl (C=O) groups excluding carboxylic acids is 2. The fraction of sp³-hybridized carbons (Fsp3) is 0.429. The van der Waals surface area contributed by atoms with Gasteiger partial charge in [0, 0.05) is 13.1 Å². The molecule has 1 amide bonds. The number of rotatable bonds is 3. The van der Waals surface area contributed by atoms with E-state index in [0.29, 0.717) is 38.4 Å². The summed E-state index contributed by atoms with van der Waals surface area (Å²) in [4.78, 5) is 32.5. The van der Waals surface area contributed by atoms with Crippen molar-refractivity contribution in [3.63, 3.8) is 0 Å². The van der Waals surface area contributed by atoms with E-state index >= 15 is 0 Å². The van der Waals surface area contributed by atoms with Gasteiger partial charge in [0.15, 0.2) is 0 Å². The molecule has 1 fully saturated rings. The van der Waals surface area contributed by atoms with E-state index in [9.17, 15) is 14.7 Å². The van der Waals surface area contributed by atoms with E-state index in [0.717, 1.165) is 11.8 Å². The number of nitrogens with zero attached hydrogens (tertiary/aromatic N) is 3. The van der Waals surface area contributed by atoms with E-state index in [-0.39, 0.29) is 36.4 Å². The van der Waals surface area contributed by atoms with Crippen LogP contribution < -0.4 is 24.0 Å². The third kappa shape index (κ3) is 3.38. The molecule has 0 radical (unpaired) electrons. The molecular formula is C14H14LiN3O4. The van der Waals surface area contributed by atoms with Crippen molar-refractivity contribution in [2.45, 2.75) is 6.42 Å². The van der Waals surface area contributed by atoms with Crippen LogP contribution in [0.1, 0.15) is 22.6 Å². The van der Waals surface area contributed by atoms with Crippen LogP contribution in [-0.4, -0.2) is 53.0 Å². The van der Waals surface area contributed by atoms with Crippen molar-refractivity contribution in [2.75, 3.05) is 26.3 Å². The number of aromatic nitrogens is 2. The first-order chi connectivity index (χ1) is 10.1. The number of carboxylic acid groups (broad SMARTS) is 1. The van der Waals surface area contributed by atoms with Crippen LogP contribution in [0.5, 0.6) is 0 Å². The summed E-state index contributed by atoms with van der Waals surface area (Å²) in [6.07, 6.45) is 5.21. The van der Waals surface area contributed by atoms with Crippen molar-refractivity contribution in [3.05, 3.63) is 29.9 Å². The third-order valence-corrected chi connectivity index (χ3v) is 3.68. The largest absolute Gasteiger partial charge is 1.00 e. The van der Waals surface area contributed by atoms with E-state index in [1.165, 1.54) is 6.20 Å². The standard InChI is InChI=1S/C14H15N3O4.Li/c18-13(10-7-21-8-10)17-3-1-9(2-4-17)11-5-15-6-12(16-11)14(19)20;/h1,5-6,10H,2-4,7-8H2,(H,19,20);/q;+1/p-1. The second-order valence-corrected chi connectivity index (χ2v) is 5.08. The quantitative estimate of drug-likeness (QED) is 0.529. The maximum absolute atomic E-state index is 12.1. The van der Waals surface area contributed by atoms with Crippen LogP contribution in [0.4, 0.5) is 0 Å². The van der Waals surface area contributed by atoms with E-state index in [4.69, 9.17) is 4.74 Å². The Morgan fingerprint density at radius 1 is 1.32 bits per heavy atom. The summed E-state index contributed by atoms with van der Waals surface area (Å²) in [6, 6.07) is 0. The van der Waals surface area contributed by atoms with Crippen molar-refractivity contribution in [1.82, 2.24) is 14.9 Å². The Morgan fingerprint density at radius 2 is 2.09 bits per heavy atom. The topological polar surface area (TPSA) is 95.5 Å². The molecule has 1 saturated heterocycles. The Hall–Kier alpha value is -1.68. The summed E-state index contributed by atoms with van der Waals surface area (Å²) in [5.74, 6) is -1.24. The van der Waals surface area contributed by atoms with Crippen LogP contribution in [0.2, 0.25) is 0 Å². The summed E-state index contributed by atoms with van der Waals surface area (Å²) in [6.45, 7) is 2.11. The zero-order valence-electron chi connectivity index (χ0n) is 12.3. The van der Waals surface area contributed by atoms with Crippen molar-refractivity contribution in [1.29, 1.82) is 0 Å². The van der Waals surface area contributed by atoms with Crippen LogP contribution in [0.25, 0.3) is 5.57 Å². The fourth-order valence-corrected chi connectivity index (χ4v) is 2.36. The molecule has 0 atom stereocenters. The molecule has 1 aromatic rings. The first kappa shape index (κ1) is 16.7. The minimum absolute atomic E-state index is 0. The monoisotopic (exact) mass is 295 g/mol. The van der Waals surface area contributed by atoms with Crippen LogP contribution >= 0.6 is 0 Å². The van der Waals surface area contributed by atoms with Gasteiger partial charge >= 0.3 is 18.9 Å². The van der Waals surface area contributed by atoms with Crippen LogP contribution in [0.3, 0.4) is 0 Å². The van der Waals surface area contributed by atoms with Crippen molar-refractivity contribution < 1.29 is 38.3 Å². The van der Waals surface area contributed by atoms with Gasteiger partial charge in [-0.05, 0) is 12.0 Å². The first-order valence-corrected chi connectivity index (χ1v) is 6.74. The Bertz CT molecular complexity index is 616. The molecule has 3 heterocycles. The zero-order valence-corrected chi connectivity index (χ0v) is 12.3. The van der Waals surface area contributed by atoms with E-state index in [2.05, 4.69) is 9.97 Å². The number of hydrogen-bond donors (Lipinski definition) is 0. The maximum Gasteiger partial charge on any atom is 1.00 e. The fourth-order valence-electron chi connectivity index (χ4n) is 2.36. The molecule has 22 heavy (non-hydrogen) atoms. The van der Waals surface area contributed by atoms with Crippen molar-refractivity contribution >= 4 is 17.4 Å². The molecule has 0 spiro atoms. The van der Waals surface area contributed by atoms with E-state index in [1.54, 1.807) is 4.90 Å². The zero-order chi connectivity index (χ0) is 14.8. The molecule has 110 valence electrons. The SMILES string of the molecule is O=C([O-])c1cncc(C2=CCN(C(=O)C3COC3)CC2)n1.[Li+]. The molecule has 0 saturated carbocycles. The molecule has 0 N–H and O–H groups in total. The summed E-state index contributed by atoms with van der Waals surface area (Å²) in [5.41, 5.74) is 1.24. The van der Waals surface area contributed by atoms with Gasteiger partial charge in [-0.1, -0.05) is 6.08 Å². The van der Waals surface area contributed by atoms with Gasteiger partial charge in [0.2, 0.25) is 5.91 Å². The first-order valence-electron chi connectivity index (χ1n) is 6.74. The van der Waals surface area contributed by atoms with Gasteiger partial charge < -0.3 is 19.5 Å². The van der Waals surface area contributed by atoms with Gasteiger partial charge in [-0.3, -0.25) is 9.78 Å². The molecule has 8 heteroatoms. The van der Waals surface area contributed by atoms with Crippen molar-refractivity contribution in [2.24, 2.45) is 5.92 Å². The molecule has 0 unspecified atom stereocenters. The Balaban J connectivity index is 0.00000176. The normalized spacial score (nSPS) is 18.0. The number of hydrogen-bond acceptors (Lipinski definition) is 6. The number of carbonyl (C=O) groups is 2. The molecule has 3 rings (SSSR count). The molecule has 0 aromatic carbocycles. The van der Waals surface area contributed by atoms with Gasteiger partial charge in [-0.2, -0.15) is 0 Å². The molecule has 0 bridgehead atoms. The number of ether oxygens (including phenoxy) is 1. The summed E-state index contributed by atoms with van der Waals surface area (Å²) in [7, 11) is 0. The Morgan fingerprint density at radius 3 is 2.64 bits per heavy atom. The summed E-state index contributed by atoms with van der Waals surface area (Å²) >= 11 is 0. The van der Waals surface area contributed by atoms with Gasteiger partial charge in [0.25, 0.3) is 0 Å². The average Bonchev–Trinajstić information content (AvgIpc) is 2.46. The van der Waals surface area contributed by atoms with E-state index in [1.807, 2.05) is 6.08 Å². The predicted molar refractivity (Wildman–Crippen MR) is 69.8 cm³/mol. The molecule has 0 aliphatic carbocycles. The van der Waals surface area contributed by atoms with Crippen LogP contribution in [0, 0.1) is 5.92 Å². The molecule has 7 nitrogen and oxygen atoms in total. The van der Waals surface area contributed by atoms with E-state index < -0.39 is 5.97 Å². The minimum Gasteiger partial charge on any atom is -0.543 e. The predicted octanol–water partition coefficient (Wildman–Crippen LogP) is -3.89. The van der Waals surface area contributed by atoms with Crippen LogP contribution in [0.15, 0.2) is 18.5 Å².